The van der Waals surface area contributed by atoms with E-state index in [1.165, 1.54) is 11.3 Å². The molecule has 86 valence electrons. The van der Waals surface area contributed by atoms with Crippen LogP contribution in [-0.2, 0) is 9.53 Å². The lowest BCUT2D eigenvalue weighted by atomic mass is 10.4. The maximum atomic E-state index is 11.5. The van der Waals surface area contributed by atoms with Gasteiger partial charge in [0.05, 0.1) is 6.61 Å². The monoisotopic (exact) mass is 240 g/mol. The summed E-state index contributed by atoms with van der Waals surface area (Å²) in [5, 5.41) is 2.21. The van der Waals surface area contributed by atoms with Gasteiger partial charge in [0.2, 0.25) is 5.91 Å². The van der Waals surface area contributed by atoms with Gasteiger partial charge < -0.3 is 4.74 Å². The third-order valence-electron chi connectivity index (χ3n) is 2.28. The Morgan fingerprint density at radius 2 is 2.50 bits per heavy atom. The van der Waals surface area contributed by atoms with Crippen molar-refractivity contribution >= 4 is 28.3 Å². The average Bonchev–Trinajstić information content (AvgIpc) is 2.86. The molecule has 0 aliphatic carbocycles. The maximum absolute atomic E-state index is 11.5. The summed E-state index contributed by atoms with van der Waals surface area (Å²) in [6, 6.07) is 0. The number of rotatable bonds is 3. The van der Waals surface area contributed by atoms with E-state index < -0.39 is 5.97 Å². The first-order valence-electron chi connectivity index (χ1n) is 5.15. The highest BCUT2D eigenvalue weighted by Crippen LogP contribution is 2.25. The van der Waals surface area contributed by atoms with Crippen molar-refractivity contribution in [1.82, 2.24) is 4.98 Å². The van der Waals surface area contributed by atoms with Gasteiger partial charge in [-0.25, -0.2) is 9.78 Å². The molecule has 1 saturated heterocycles. The number of ether oxygens (including phenoxy) is 1. The second kappa shape index (κ2) is 4.61. The summed E-state index contributed by atoms with van der Waals surface area (Å²) in [6.45, 7) is 2.76. The van der Waals surface area contributed by atoms with E-state index in [4.69, 9.17) is 4.74 Å². The van der Waals surface area contributed by atoms with Gasteiger partial charge in [-0.2, -0.15) is 0 Å². The van der Waals surface area contributed by atoms with Crippen molar-refractivity contribution in [2.45, 2.75) is 19.8 Å². The number of nitrogens with zero attached hydrogens (tertiary/aromatic N) is 2. The summed E-state index contributed by atoms with van der Waals surface area (Å²) in [5.41, 5.74) is 0.279. The van der Waals surface area contributed by atoms with Crippen molar-refractivity contribution in [3.63, 3.8) is 0 Å². The Kier molecular flexibility index (Phi) is 3.19. The van der Waals surface area contributed by atoms with Gasteiger partial charge >= 0.3 is 5.97 Å². The Balaban J connectivity index is 2.13. The summed E-state index contributed by atoms with van der Waals surface area (Å²) >= 11 is 1.30. The molecule has 16 heavy (non-hydrogen) atoms. The molecule has 1 aliphatic heterocycles. The fourth-order valence-corrected chi connectivity index (χ4v) is 2.37. The van der Waals surface area contributed by atoms with E-state index in [0.717, 1.165) is 6.42 Å². The minimum atomic E-state index is -0.434. The number of hydrogen-bond acceptors (Lipinski definition) is 5. The molecule has 1 aromatic heterocycles. The fraction of sp³-hybridized carbons (Fsp3) is 0.500. The molecule has 1 aliphatic rings. The Bertz CT molecular complexity index is 416. The molecule has 0 spiro atoms. The van der Waals surface area contributed by atoms with E-state index >= 15 is 0 Å². The molecule has 0 atom stereocenters. The number of carbonyl (C=O) groups excluding carboxylic acids is 2. The summed E-state index contributed by atoms with van der Waals surface area (Å²) in [5.74, 6) is -0.360. The van der Waals surface area contributed by atoms with Gasteiger partial charge in [-0.1, -0.05) is 0 Å². The van der Waals surface area contributed by atoms with Crippen LogP contribution in [0.15, 0.2) is 5.38 Å². The summed E-state index contributed by atoms with van der Waals surface area (Å²) in [7, 11) is 0. The molecule has 2 rings (SSSR count). The second-order valence-corrected chi connectivity index (χ2v) is 4.22. The van der Waals surface area contributed by atoms with Gasteiger partial charge in [0.1, 0.15) is 0 Å². The Labute approximate surface area is 97.0 Å². The zero-order valence-electron chi connectivity index (χ0n) is 8.93. The molecule has 0 aromatic carbocycles. The van der Waals surface area contributed by atoms with Crippen LogP contribution in [0.4, 0.5) is 5.13 Å². The Morgan fingerprint density at radius 1 is 1.69 bits per heavy atom. The highest BCUT2D eigenvalue weighted by molar-refractivity contribution is 7.14. The quantitative estimate of drug-likeness (QED) is 0.750. The van der Waals surface area contributed by atoms with Crippen LogP contribution in [0.25, 0.3) is 0 Å². The maximum Gasteiger partial charge on any atom is 0.357 e. The smallest absolute Gasteiger partial charge is 0.357 e. The van der Waals surface area contributed by atoms with Gasteiger partial charge in [-0.15, -0.1) is 11.3 Å². The van der Waals surface area contributed by atoms with Crippen LogP contribution in [0.5, 0.6) is 0 Å². The van der Waals surface area contributed by atoms with Crippen LogP contribution in [0.1, 0.15) is 30.3 Å². The molecule has 2 heterocycles. The van der Waals surface area contributed by atoms with Gasteiger partial charge in [0.25, 0.3) is 0 Å². The molecule has 0 unspecified atom stereocenters. The first-order chi connectivity index (χ1) is 7.72. The van der Waals surface area contributed by atoms with Crippen molar-refractivity contribution in [3.05, 3.63) is 11.1 Å². The molecule has 0 saturated carbocycles. The minimum Gasteiger partial charge on any atom is -0.461 e. The van der Waals surface area contributed by atoms with Crippen molar-refractivity contribution in [3.8, 4) is 0 Å². The Morgan fingerprint density at radius 3 is 3.12 bits per heavy atom. The van der Waals surface area contributed by atoms with Crippen LogP contribution in [0.2, 0.25) is 0 Å². The molecule has 1 amide bonds. The minimum absolute atomic E-state index is 0.0739. The van der Waals surface area contributed by atoms with Gasteiger partial charge in [0, 0.05) is 18.3 Å². The second-order valence-electron chi connectivity index (χ2n) is 3.38. The summed E-state index contributed by atoms with van der Waals surface area (Å²) in [4.78, 5) is 28.6. The van der Waals surface area contributed by atoms with Crippen LogP contribution in [0, 0.1) is 0 Å². The SMILES string of the molecule is CCOC(=O)c1csc(N2CCCC2=O)n1. The van der Waals surface area contributed by atoms with Crippen LogP contribution < -0.4 is 4.90 Å². The van der Waals surface area contributed by atoms with Crippen molar-refractivity contribution in [2.24, 2.45) is 0 Å². The average molecular weight is 240 g/mol. The lowest BCUT2D eigenvalue weighted by Crippen LogP contribution is -2.23. The van der Waals surface area contributed by atoms with E-state index in [-0.39, 0.29) is 11.6 Å². The van der Waals surface area contributed by atoms with Crippen LogP contribution in [-0.4, -0.2) is 30.0 Å². The van der Waals surface area contributed by atoms with Crippen molar-refractivity contribution in [1.29, 1.82) is 0 Å². The number of carbonyl (C=O) groups is 2. The largest absolute Gasteiger partial charge is 0.461 e. The van der Waals surface area contributed by atoms with Gasteiger partial charge in [0.15, 0.2) is 10.8 Å². The Hall–Kier alpha value is -1.43. The number of anilines is 1. The van der Waals surface area contributed by atoms with E-state index in [1.807, 2.05) is 0 Å². The third kappa shape index (κ3) is 2.06. The topological polar surface area (TPSA) is 59.5 Å². The molecule has 1 aromatic rings. The number of amides is 1. The number of hydrogen-bond donors (Lipinski definition) is 0. The molecule has 5 nitrogen and oxygen atoms in total. The van der Waals surface area contributed by atoms with Crippen molar-refractivity contribution < 1.29 is 14.3 Å². The number of aromatic nitrogens is 1. The van der Waals surface area contributed by atoms with Crippen LogP contribution >= 0.6 is 11.3 Å². The number of esters is 1. The molecule has 6 heteroatoms. The molecular formula is C10H12N2O3S. The van der Waals surface area contributed by atoms with E-state index in [0.29, 0.717) is 24.7 Å². The standard InChI is InChI=1S/C10H12N2O3S/c1-2-15-9(14)7-6-16-10(11-7)12-5-3-4-8(12)13/h6H,2-5H2,1H3. The predicted molar refractivity (Wildman–Crippen MR) is 59.7 cm³/mol. The summed E-state index contributed by atoms with van der Waals surface area (Å²) in [6.07, 6.45) is 1.42. The van der Waals surface area contributed by atoms with E-state index in [1.54, 1.807) is 17.2 Å². The van der Waals surface area contributed by atoms with Gasteiger partial charge in [-0.3, -0.25) is 9.69 Å². The molecule has 1 fully saturated rings. The third-order valence-corrected chi connectivity index (χ3v) is 3.14. The molecular weight excluding hydrogens is 228 g/mol. The van der Waals surface area contributed by atoms with E-state index in [2.05, 4.69) is 4.98 Å². The van der Waals surface area contributed by atoms with Gasteiger partial charge in [-0.05, 0) is 13.3 Å². The molecule has 0 radical (unpaired) electrons. The lowest BCUT2D eigenvalue weighted by Gasteiger charge is -2.10. The lowest BCUT2D eigenvalue weighted by molar-refractivity contribution is -0.117. The highest BCUT2D eigenvalue weighted by Gasteiger charge is 2.25. The molecule has 0 N–H and O–H groups in total. The fourth-order valence-electron chi connectivity index (χ4n) is 1.54. The normalized spacial score (nSPS) is 15.6. The predicted octanol–water partition coefficient (Wildman–Crippen LogP) is 1.45. The highest BCUT2D eigenvalue weighted by atomic mass is 32.1. The first-order valence-corrected chi connectivity index (χ1v) is 6.03. The number of thiazole rings is 1. The summed E-state index contributed by atoms with van der Waals surface area (Å²) < 4.78 is 4.83. The van der Waals surface area contributed by atoms with E-state index in [9.17, 15) is 9.59 Å². The zero-order valence-corrected chi connectivity index (χ0v) is 9.75. The van der Waals surface area contributed by atoms with Crippen LogP contribution in [0.3, 0.4) is 0 Å². The van der Waals surface area contributed by atoms with Crippen molar-refractivity contribution in [2.75, 3.05) is 18.1 Å². The first kappa shape index (κ1) is 11.1. The zero-order chi connectivity index (χ0) is 11.5. The molecule has 0 bridgehead atoms.